The van der Waals surface area contributed by atoms with E-state index >= 15 is 0 Å². The maximum atomic E-state index is 12.1. The van der Waals surface area contributed by atoms with Gasteiger partial charge in [-0.15, -0.1) is 0 Å². The number of aromatic nitrogens is 2. The molecule has 4 rings (SSSR count). The molecule has 2 aromatic rings. The van der Waals surface area contributed by atoms with E-state index in [2.05, 4.69) is 53.5 Å². The second-order valence-electron chi connectivity index (χ2n) is 9.32. The van der Waals surface area contributed by atoms with Crippen molar-refractivity contribution in [3.63, 3.8) is 0 Å². The summed E-state index contributed by atoms with van der Waals surface area (Å²) in [5, 5.41) is 15.2. The Morgan fingerprint density at radius 3 is 2.66 bits per heavy atom. The molecule has 2 aliphatic rings. The topological polar surface area (TPSA) is 99.6 Å². The molecule has 3 heterocycles. The van der Waals surface area contributed by atoms with Crippen molar-refractivity contribution >= 4 is 17.6 Å². The average molecular weight is 482 g/mol. The summed E-state index contributed by atoms with van der Waals surface area (Å²) in [7, 11) is 1.79. The summed E-state index contributed by atoms with van der Waals surface area (Å²) in [5.74, 6) is 0.814. The number of ether oxygens (including phenoxy) is 1. The number of hydrogen-bond donors (Lipinski definition) is 3. The third kappa shape index (κ3) is 6.31. The first-order valence-corrected chi connectivity index (χ1v) is 12.5. The SMILES string of the molecule is CCC(=O)N1Cc2nc(NC3CCOCC3)ncc2C1(C)C.CCc1cccc(C(=CO)NC)c1. The molecule has 1 saturated heterocycles. The Morgan fingerprint density at radius 2 is 2.03 bits per heavy atom. The quantitative estimate of drug-likeness (QED) is 0.527. The summed E-state index contributed by atoms with van der Waals surface area (Å²) in [6, 6.07) is 8.48. The molecule has 8 heteroatoms. The zero-order chi connectivity index (χ0) is 25.4. The Bertz CT molecular complexity index is 1030. The molecule has 0 aliphatic carbocycles. The molecule has 1 fully saturated rings. The molecule has 0 radical (unpaired) electrons. The van der Waals surface area contributed by atoms with E-state index in [1.807, 2.05) is 30.2 Å². The number of aliphatic hydroxyl groups is 1. The summed E-state index contributed by atoms with van der Waals surface area (Å²) in [6.45, 7) is 10.3. The monoisotopic (exact) mass is 481 g/mol. The number of anilines is 1. The standard InChI is InChI=1S/C16H24N4O2.C11H15NO/c1-4-14(21)20-10-13-12(16(20,2)3)9-17-15(19-13)18-11-5-7-22-8-6-11;1-3-9-5-4-6-10(7-9)11(8-13)12-2/h9,11H,4-8,10H2,1-3H3,(H,17,18,19);4-8,12-13H,3H2,1-2H3. The van der Waals surface area contributed by atoms with Gasteiger partial charge in [0.2, 0.25) is 11.9 Å². The summed E-state index contributed by atoms with van der Waals surface area (Å²) in [5.41, 5.74) is 4.70. The van der Waals surface area contributed by atoms with Crippen molar-refractivity contribution in [3.05, 3.63) is 59.1 Å². The lowest BCUT2D eigenvalue weighted by Gasteiger charge is -2.31. The maximum absolute atomic E-state index is 12.1. The number of nitrogens with one attached hydrogen (secondary N) is 2. The molecule has 2 aliphatic heterocycles. The zero-order valence-electron chi connectivity index (χ0n) is 21.6. The van der Waals surface area contributed by atoms with Gasteiger partial charge in [-0.05, 0) is 44.7 Å². The van der Waals surface area contributed by atoms with Crippen LogP contribution in [0.5, 0.6) is 0 Å². The highest BCUT2D eigenvalue weighted by atomic mass is 16.5. The highest BCUT2D eigenvalue weighted by molar-refractivity contribution is 5.77. The predicted molar refractivity (Wildman–Crippen MR) is 139 cm³/mol. The Hall–Kier alpha value is -3.13. The molecule has 35 heavy (non-hydrogen) atoms. The lowest BCUT2D eigenvalue weighted by Crippen LogP contribution is -2.39. The average Bonchev–Trinajstić information content (AvgIpc) is 3.15. The normalized spacial score (nSPS) is 17.3. The van der Waals surface area contributed by atoms with Gasteiger partial charge in [0.15, 0.2) is 0 Å². The number of amides is 1. The van der Waals surface area contributed by atoms with Gasteiger partial charge in [-0.3, -0.25) is 4.79 Å². The van der Waals surface area contributed by atoms with Crippen LogP contribution in [0.25, 0.3) is 5.70 Å². The van der Waals surface area contributed by atoms with Crippen LogP contribution in [0.2, 0.25) is 0 Å². The highest BCUT2D eigenvalue weighted by Gasteiger charge is 2.41. The number of carbonyl (C=O) groups excluding carboxylic acids is 1. The number of benzene rings is 1. The van der Waals surface area contributed by atoms with Crippen LogP contribution in [0.4, 0.5) is 5.95 Å². The van der Waals surface area contributed by atoms with Crippen LogP contribution in [0.3, 0.4) is 0 Å². The van der Waals surface area contributed by atoms with E-state index in [4.69, 9.17) is 9.84 Å². The summed E-state index contributed by atoms with van der Waals surface area (Å²) >= 11 is 0. The van der Waals surface area contributed by atoms with E-state index in [0.29, 0.717) is 25.0 Å². The molecule has 3 N–H and O–H groups in total. The number of aryl methyl sites for hydroxylation is 1. The summed E-state index contributed by atoms with van der Waals surface area (Å²) < 4.78 is 5.37. The van der Waals surface area contributed by atoms with Crippen molar-refractivity contribution in [2.24, 2.45) is 0 Å². The van der Waals surface area contributed by atoms with Crippen LogP contribution in [0.15, 0.2) is 36.7 Å². The minimum absolute atomic E-state index is 0.155. The fourth-order valence-electron chi connectivity index (χ4n) is 4.47. The fraction of sp³-hybridized carbons (Fsp3) is 0.519. The first-order valence-electron chi connectivity index (χ1n) is 12.5. The largest absolute Gasteiger partial charge is 0.513 e. The first kappa shape index (κ1) is 26.5. The van der Waals surface area contributed by atoms with Crippen molar-refractivity contribution in [2.75, 3.05) is 25.6 Å². The minimum Gasteiger partial charge on any atom is -0.513 e. The second kappa shape index (κ2) is 12.0. The molecule has 0 saturated carbocycles. The second-order valence-corrected chi connectivity index (χ2v) is 9.32. The molecular weight excluding hydrogens is 442 g/mol. The van der Waals surface area contributed by atoms with Gasteiger partial charge in [0.25, 0.3) is 0 Å². The van der Waals surface area contributed by atoms with Crippen molar-refractivity contribution in [1.82, 2.24) is 20.2 Å². The molecular formula is C27H39N5O3. The van der Waals surface area contributed by atoms with Gasteiger partial charge in [-0.1, -0.05) is 32.0 Å². The van der Waals surface area contributed by atoms with Gasteiger partial charge in [-0.2, -0.15) is 0 Å². The van der Waals surface area contributed by atoms with Crippen molar-refractivity contribution in [2.45, 2.75) is 71.5 Å². The van der Waals surface area contributed by atoms with E-state index in [9.17, 15) is 4.79 Å². The number of hydrogen-bond acceptors (Lipinski definition) is 7. The van der Waals surface area contributed by atoms with Crippen LogP contribution in [0.1, 0.15) is 69.3 Å². The van der Waals surface area contributed by atoms with Crippen LogP contribution in [-0.4, -0.2) is 52.2 Å². The predicted octanol–water partition coefficient (Wildman–Crippen LogP) is 4.38. The fourth-order valence-corrected chi connectivity index (χ4v) is 4.47. The Kier molecular flexibility index (Phi) is 9.09. The first-order chi connectivity index (χ1) is 16.8. The molecule has 1 aromatic carbocycles. The molecule has 0 unspecified atom stereocenters. The lowest BCUT2D eigenvalue weighted by atomic mass is 9.97. The third-order valence-corrected chi connectivity index (χ3v) is 6.71. The molecule has 0 atom stereocenters. The zero-order valence-corrected chi connectivity index (χ0v) is 21.6. The number of rotatable bonds is 6. The Labute approximate surface area is 208 Å². The number of nitrogens with zero attached hydrogens (tertiary/aromatic N) is 3. The van der Waals surface area contributed by atoms with Gasteiger partial charge in [0, 0.05) is 50.0 Å². The molecule has 8 nitrogen and oxygen atoms in total. The van der Waals surface area contributed by atoms with E-state index in [1.54, 1.807) is 7.05 Å². The third-order valence-electron chi connectivity index (χ3n) is 6.71. The Balaban J connectivity index is 0.000000225. The summed E-state index contributed by atoms with van der Waals surface area (Å²) in [6.07, 6.45) is 6.44. The van der Waals surface area contributed by atoms with Gasteiger partial charge >= 0.3 is 0 Å². The summed E-state index contributed by atoms with van der Waals surface area (Å²) in [4.78, 5) is 23.2. The lowest BCUT2D eigenvalue weighted by molar-refractivity contribution is -0.136. The molecule has 0 bridgehead atoms. The van der Waals surface area contributed by atoms with Gasteiger partial charge in [-0.25, -0.2) is 9.97 Å². The molecule has 1 aromatic heterocycles. The van der Waals surface area contributed by atoms with Crippen LogP contribution in [-0.2, 0) is 28.0 Å². The molecule has 190 valence electrons. The van der Waals surface area contributed by atoms with Gasteiger partial charge in [0.05, 0.1) is 23.5 Å². The van der Waals surface area contributed by atoms with Crippen molar-refractivity contribution < 1.29 is 14.6 Å². The molecule has 1 amide bonds. The maximum Gasteiger partial charge on any atom is 0.223 e. The van der Waals surface area contributed by atoms with Gasteiger partial charge in [0.1, 0.15) is 6.26 Å². The molecule has 0 spiro atoms. The van der Waals surface area contributed by atoms with E-state index < -0.39 is 0 Å². The Morgan fingerprint density at radius 1 is 1.29 bits per heavy atom. The number of fused-ring (bicyclic) bond motifs is 1. The van der Waals surface area contributed by atoms with Gasteiger partial charge < -0.3 is 25.4 Å². The number of aliphatic hydroxyl groups excluding tert-OH is 1. The minimum atomic E-state index is -0.334. The van der Waals surface area contributed by atoms with Crippen LogP contribution < -0.4 is 10.6 Å². The van der Waals surface area contributed by atoms with Crippen molar-refractivity contribution in [3.8, 4) is 0 Å². The van der Waals surface area contributed by atoms with E-state index in [1.165, 1.54) is 5.56 Å². The smallest absolute Gasteiger partial charge is 0.223 e. The van der Waals surface area contributed by atoms with Crippen molar-refractivity contribution in [1.29, 1.82) is 0 Å². The van der Waals surface area contributed by atoms with E-state index in [0.717, 1.165) is 61.3 Å². The van der Waals surface area contributed by atoms with E-state index in [-0.39, 0.29) is 11.4 Å². The number of carbonyl (C=O) groups is 1. The van der Waals surface area contributed by atoms with Crippen LogP contribution >= 0.6 is 0 Å². The highest BCUT2D eigenvalue weighted by Crippen LogP contribution is 2.38. The van der Waals surface area contributed by atoms with Crippen LogP contribution in [0, 0.1) is 0 Å².